The van der Waals surface area contributed by atoms with Gasteiger partial charge in [-0.15, -0.1) is 0 Å². The van der Waals surface area contributed by atoms with Crippen LogP contribution in [-0.4, -0.2) is 28.8 Å². The molecule has 2 rings (SSSR count). The van der Waals surface area contributed by atoms with Crippen LogP contribution in [0.3, 0.4) is 0 Å². The second-order valence-electron chi connectivity index (χ2n) is 4.23. The van der Waals surface area contributed by atoms with Gasteiger partial charge in [-0.3, -0.25) is 9.48 Å². The smallest absolute Gasteiger partial charge is 0.238 e. The van der Waals surface area contributed by atoms with Crippen molar-refractivity contribution < 1.29 is 4.79 Å². The summed E-state index contributed by atoms with van der Waals surface area (Å²) in [6.07, 6.45) is 3.68. The molecule has 0 saturated carbocycles. The molecule has 1 aromatic heterocycles. The molecule has 0 atom stereocenters. The molecule has 19 heavy (non-hydrogen) atoms. The van der Waals surface area contributed by atoms with E-state index in [-0.39, 0.29) is 5.91 Å². The summed E-state index contributed by atoms with van der Waals surface area (Å²) in [5, 5.41) is 9.98. The molecular formula is C14H18N4O. The van der Waals surface area contributed by atoms with Gasteiger partial charge >= 0.3 is 0 Å². The van der Waals surface area contributed by atoms with Gasteiger partial charge in [-0.25, -0.2) is 0 Å². The second kappa shape index (κ2) is 6.70. The Balaban J connectivity index is 1.89. The van der Waals surface area contributed by atoms with E-state index in [1.807, 2.05) is 48.1 Å². The molecule has 0 aliphatic rings. The highest BCUT2D eigenvalue weighted by atomic mass is 16.1. The summed E-state index contributed by atoms with van der Waals surface area (Å²) in [5.41, 5.74) is 1.96. The van der Waals surface area contributed by atoms with E-state index in [1.165, 1.54) is 0 Å². The largest absolute Gasteiger partial charge is 0.325 e. The van der Waals surface area contributed by atoms with Crippen molar-refractivity contribution in [1.82, 2.24) is 15.1 Å². The van der Waals surface area contributed by atoms with Gasteiger partial charge < -0.3 is 10.6 Å². The number of likely N-dealkylation sites (N-methyl/N-ethyl adjacent to an activating group) is 1. The van der Waals surface area contributed by atoms with Crippen molar-refractivity contribution in [2.24, 2.45) is 0 Å². The molecule has 5 heteroatoms. The lowest BCUT2D eigenvalue weighted by molar-refractivity contribution is -0.115. The van der Waals surface area contributed by atoms with Gasteiger partial charge in [-0.05, 0) is 30.3 Å². The van der Waals surface area contributed by atoms with Crippen LogP contribution in [0, 0.1) is 0 Å². The highest BCUT2D eigenvalue weighted by Crippen LogP contribution is 2.10. The molecule has 0 aliphatic carbocycles. The Morgan fingerprint density at radius 3 is 2.74 bits per heavy atom. The summed E-state index contributed by atoms with van der Waals surface area (Å²) in [7, 11) is 0. The number of carbonyl (C=O) groups is 1. The number of hydrogen-bond acceptors (Lipinski definition) is 3. The van der Waals surface area contributed by atoms with Gasteiger partial charge in [0.15, 0.2) is 0 Å². The van der Waals surface area contributed by atoms with Gasteiger partial charge in [0.25, 0.3) is 0 Å². The lowest BCUT2D eigenvalue weighted by atomic mass is 10.2. The van der Waals surface area contributed by atoms with Crippen LogP contribution in [0.5, 0.6) is 0 Å². The minimum absolute atomic E-state index is 0.0262. The zero-order chi connectivity index (χ0) is 13.5. The SMILES string of the molecule is CCNCC(=O)Nc1ccc(Cn2cccn2)cc1. The fourth-order valence-electron chi connectivity index (χ4n) is 1.72. The molecular weight excluding hydrogens is 240 g/mol. The number of benzene rings is 1. The van der Waals surface area contributed by atoms with Crippen molar-refractivity contribution in [3.63, 3.8) is 0 Å². The van der Waals surface area contributed by atoms with Crippen LogP contribution in [0.1, 0.15) is 12.5 Å². The molecule has 0 saturated heterocycles. The zero-order valence-electron chi connectivity index (χ0n) is 11.0. The van der Waals surface area contributed by atoms with Crippen molar-refractivity contribution in [3.8, 4) is 0 Å². The van der Waals surface area contributed by atoms with Gasteiger partial charge in [0.1, 0.15) is 0 Å². The van der Waals surface area contributed by atoms with Gasteiger partial charge in [0.05, 0.1) is 13.1 Å². The van der Waals surface area contributed by atoms with Crippen LogP contribution in [-0.2, 0) is 11.3 Å². The quantitative estimate of drug-likeness (QED) is 0.825. The van der Waals surface area contributed by atoms with Crippen LogP contribution >= 0.6 is 0 Å². The van der Waals surface area contributed by atoms with Crippen molar-refractivity contribution in [2.45, 2.75) is 13.5 Å². The van der Waals surface area contributed by atoms with E-state index in [4.69, 9.17) is 0 Å². The van der Waals surface area contributed by atoms with Crippen molar-refractivity contribution in [2.75, 3.05) is 18.4 Å². The summed E-state index contributed by atoms with van der Waals surface area (Å²) >= 11 is 0. The number of anilines is 1. The average Bonchev–Trinajstić information content (AvgIpc) is 2.91. The molecule has 1 aromatic carbocycles. The van der Waals surface area contributed by atoms with E-state index in [0.717, 1.165) is 24.3 Å². The van der Waals surface area contributed by atoms with E-state index in [0.29, 0.717) is 6.54 Å². The Morgan fingerprint density at radius 2 is 2.11 bits per heavy atom. The number of hydrogen-bond donors (Lipinski definition) is 2. The Labute approximate surface area is 112 Å². The van der Waals surface area contributed by atoms with Crippen LogP contribution in [0.15, 0.2) is 42.7 Å². The van der Waals surface area contributed by atoms with E-state index < -0.39 is 0 Å². The Morgan fingerprint density at radius 1 is 1.32 bits per heavy atom. The summed E-state index contributed by atoms with van der Waals surface area (Å²) in [6, 6.07) is 9.69. The van der Waals surface area contributed by atoms with Gasteiger partial charge in [0, 0.05) is 18.1 Å². The standard InChI is InChI=1S/C14H18N4O/c1-2-15-10-14(19)17-13-6-4-12(5-7-13)11-18-9-3-8-16-18/h3-9,15H,2,10-11H2,1H3,(H,17,19). The summed E-state index contributed by atoms with van der Waals surface area (Å²) in [4.78, 5) is 11.5. The highest BCUT2D eigenvalue weighted by molar-refractivity contribution is 5.92. The topological polar surface area (TPSA) is 59.0 Å². The third-order valence-corrected chi connectivity index (χ3v) is 2.68. The van der Waals surface area contributed by atoms with Gasteiger partial charge in [-0.1, -0.05) is 19.1 Å². The molecule has 0 radical (unpaired) electrons. The zero-order valence-corrected chi connectivity index (χ0v) is 11.0. The van der Waals surface area contributed by atoms with Gasteiger partial charge in [-0.2, -0.15) is 5.10 Å². The number of nitrogens with one attached hydrogen (secondary N) is 2. The second-order valence-corrected chi connectivity index (χ2v) is 4.23. The first-order chi connectivity index (χ1) is 9.28. The molecule has 2 N–H and O–H groups in total. The summed E-state index contributed by atoms with van der Waals surface area (Å²) in [6.45, 7) is 3.83. The van der Waals surface area contributed by atoms with E-state index in [9.17, 15) is 4.79 Å². The first-order valence-corrected chi connectivity index (χ1v) is 6.35. The molecule has 0 aliphatic heterocycles. The maximum absolute atomic E-state index is 11.5. The first kappa shape index (κ1) is 13.3. The number of amides is 1. The number of aromatic nitrogens is 2. The maximum Gasteiger partial charge on any atom is 0.238 e. The Bertz CT molecular complexity index is 505. The number of carbonyl (C=O) groups excluding carboxylic acids is 1. The Kier molecular flexibility index (Phi) is 4.69. The molecule has 1 amide bonds. The lowest BCUT2D eigenvalue weighted by Gasteiger charge is -2.07. The fraction of sp³-hybridized carbons (Fsp3) is 0.286. The van der Waals surface area contributed by atoms with E-state index in [1.54, 1.807) is 6.20 Å². The van der Waals surface area contributed by atoms with E-state index in [2.05, 4.69) is 15.7 Å². The molecule has 0 fully saturated rings. The third-order valence-electron chi connectivity index (χ3n) is 2.68. The van der Waals surface area contributed by atoms with Crippen LogP contribution in [0.4, 0.5) is 5.69 Å². The average molecular weight is 258 g/mol. The number of nitrogens with zero attached hydrogens (tertiary/aromatic N) is 2. The highest BCUT2D eigenvalue weighted by Gasteiger charge is 2.01. The Hall–Kier alpha value is -2.14. The van der Waals surface area contributed by atoms with Crippen LogP contribution in [0.25, 0.3) is 0 Å². The van der Waals surface area contributed by atoms with Crippen molar-refractivity contribution >= 4 is 11.6 Å². The third kappa shape index (κ3) is 4.22. The summed E-state index contributed by atoms with van der Waals surface area (Å²) in [5.74, 6) is -0.0262. The normalized spacial score (nSPS) is 10.4. The van der Waals surface area contributed by atoms with Crippen molar-refractivity contribution in [3.05, 3.63) is 48.3 Å². The van der Waals surface area contributed by atoms with E-state index >= 15 is 0 Å². The fourth-order valence-corrected chi connectivity index (χ4v) is 1.72. The van der Waals surface area contributed by atoms with Crippen molar-refractivity contribution in [1.29, 1.82) is 0 Å². The number of rotatable bonds is 6. The predicted octanol–water partition coefficient (Wildman–Crippen LogP) is 1.48. The molecule has 5 nitrogen and oxygen atoms in total. The molecule has 1 heterocycles. The minimum Gasteiger partial charge on any atom is -0.325 e. The van der Waals surface area contributed by atoms with Gasteiger partial charge in [0.2, 0.25) is 5.91 Å². The van der Waals surface area contributed by atoms with Crippen LogP contribution in [0.2, 0.25) is 0 Å². The molecule has 0 bridgehead atoms. The first-order valence-electron chi connectivity index (χ1n) is 6.35. The molecule has 100 valence electrons. The maximum atomic E-state index is 11.5. The summed E-state index contributed by atoms with van der Waals surface area (Å²) < 4.78 is 1.86. The monoisotopic (exact) mass is 258 g/mol. The predicted molar refractivity (Wildman–Crippen MR) is 74.9 cm³/mol. The lowest BCUT2D eigenvalue weighted by Crippen LogP contribution is -2.27. The molecule has 0 unspecified atom stereocenters. The van der Waals surface area contributed by atoms with Crippen LogP contribution < -0.4 is 10.6 Å². The minimum atomic E-state index is -0.0262. The molecule has 2 aromatic rings. The molecule has 0 spiro atoms.